The normalized spacial score (nSPS) is 12.2. The fraction of sp³-hybridized carbons (Fsp3) is 0.267. The van der Waals surface area contributed by atoms with E-state index in [0.717, 1.165) is 22.3 Å². The number of hydrogen-bond acceptors (Lipinski definition) is 3. The van der Waals surface area contributed by atoms with Gasteiger partial charge in [0, 0.05) is 10.7 Å². The number of nitrogens with zero attached hydrogens (tertiary/aromatic N) is 1. The lowest BCUT2D eigenvalue weighted by molar-refractivity contribution is 0.411. The van der Waals surface area contributed by atoms with Gasteiger partial charge in [-0.1, -0.05) is 35.0 Å². The summed E-state index contributed by atoms with van der Waals surface area (Å²) in [4.78, 5) is 4.23. The molecule has 0 spiro atoms. The van der Waals surface area contributed by atoms with Crippen LogP contribution in [0.15, 0.2) is 47.2 Å². The van der Waals surface area contributed by atoms with Crippen LogP contribution in [0.3, 0.4) is 0 Å². The van der Waals surface area contributed by atoms with Crippen LogP contribution >= 0.6 is 15.9 Å². The minimum Gasteiger partial charge on any atom is -0.495 e. The van der Waals surface area contributed by atoms with Gasteiger partial charge in [-0.05, 0) is 35.9 Å². The van der Waals surface area contributed by atoms with Crippen molar-refractivity contribution in [2.45, 2.75) is 13.0 Å². The van der Waals surface area contributed by atoms with Crippen LogP contribution in [-0.4, -0.2) is 18.6 Å². The number of aromatic nitrogens is 1. The van der Waals surface area contributed by atoms with Gasteiger partial charge in [-0.3, -0.25) is 4.98 Å². The summed E-state index contributed by atoms with van der Waals surface area (Å²) in [6, 6.07) is 10.5. The smallest absolute Gasteiger partial charge is 0.137 e. The van der Waals surface area contributed by atoms with Crippen molar-refractivity contribution in [2.75, 3.05) is 13.7 Å². The average molecular weight is 321 g/mol. The molecular formula is C15H17BrN2O. The van der Waals surface area contributed by atoms with Gasteiger partial charge >= 0.3 is 0 Å². The van der Waals surface area contributed by atoms with Crippen molar-refractivity contribution in [3.8, 4) is 5.75 Å². The molecule has 2 rings (SSSR count). The van der Waals surface area contributed by atoms with Crippen LogP contribution < -0.4 is 10.1 Å². The zero-order chi connectivity index (χ0) is 13.7. The molecule has 1 aromatic carbocycles. The van der Waals surface area contributed by atoms with Gasteiger partial charge in [-0.25, -0.2) is 0 Å². The van der Waals surface area contributed by atoms with E-state index in [4.69, 9.17) is 4.74 Å². The molecule has 2 aromatic rings. The molecule has 0 saturated heterocycles. The van der Waals surface area contributed by atoms with Crippen molar-refractivity contribution in [2.24, 2.45) is 0 Å². The standard InChI is InChI=1S/C15H17BrN2O/c1-3-18-15(11-4-6-13(16)7-5-11)12-8-14(19-2)10-17-9-12/h4-10,15,18H,3H2,1-2H3. The van der Waals surface area contributed by atoms with Crippen LogP contribution in [0.25, 0.3) is 0 Å². The largest absolute Gasteiger partial charge is 0.495 e. The summed E-state index contributed by atoms with van der Waals surface area (Å²) in [6.45, 7) is 2.98. The Morgan fingerprint density at radius 2 is 1.95 bits per heavy atom. The van der Waals surface area contributed by atoms with Crippen LogP contribution in [0.4, 0.5) is 0 Å². The van der Waals surface area contributed by atoms with Gasteiger partial charge in [0.1, 0.15) is 5.75 Å². The average Bonchev–Trinajstić information content (AvgIpc) is 2.46. The lowest BCUT2D eigenvalue weighted by Gasteiger charge is -2.19. The third-order valence-electron chi connectivity index (χ3n) is 2.91. The maximum absolute atomic E-state index is 5.24. The zero-order valence-corrected chi connectivity index (χ0v) is 12.6. The van der Waals surface area contributed by atoms with E-state index in [2.05, 4.69) is 45.3 Å². The molecule has 0 fully saturated rings. The highest BCUT2D eigenvalue weighted by Gasteiger charge is 2.13. The molecule has 1 atom stereocenters. The van der Waals surface area contributed by atoms with E-state index in [-0.39, 0.29) is 6.04 Å². The molecule has 1 heterocycles. The summed E-state index contributed by atoms with van der Waals surface area (Å²) in [5.74, 6) is 0.775. The third kappa shape index (κ3) is 3.55. The molecule has 1 N–H and O–H groups in total. The minimum absolute atomic E-state index is 0.126. The molecule has 0 amide bonds. The Balaban J connectivity index is 2.35. The molecular weight excluding hydrogens is 304 g/mol. The van der Waals surface area contributed by atoms with Gasteiger partial charge < -0.3 is 10.1 Å². The first-order valence-electron chi connectivity index (χ1n) is 6.22. The van der Waals surface area contributed by atoms with Crippen molar-refractivity contribution in [1.29, 1.82) is 0 Å². The second kappa shape index (κ2) is 6.68. The number of methoxy groups -OCH3 is 1. The monoisotopic (exact) mass is 320 g/mol. The van der Waals surface area contributed by atoms with Gasteiger partial charge in [0.25, 0.3) is 0 Å². The Hall–Kier alpha value is -1.39. The summed E-state index contributed by atoms with van der Waals surface area (Å²) < 4.78 is 6.32. The first kappa shape index (κ1) is 14.0. The van der Waals surface area contributed by atoms with Gasteiger partial charge in [0.05, 0.1) is 19.3 Å². The first-order valence-corrected chi connectivity index (χ1v) is 7.01. The molecule has 0 aliphatic carbocycles. The highest BCUT2D eigenvalue weighted by Crippen LogP contribution is 2.25. The van der Waals surface area contributed by atoms with Gasteiger partial charge in [-0.2, -0.15) is 0 Å². The van der Waals surface area contributed by atoms with Crippen LogP contribution in [0.2, 0.25) is 0 Å². The van der Waals surface area contributed by atoms with E-state index >= 15 is 0 Å². The van der Waals surface area contributed by atoms with E-state index in [1.807, 2.05) is 24.4 Å². The Morgan fingerprint density at radius 1 is 1.21 bits per heavy atom. The molecule has 0 saturated carbocycles. The van der Waals surface area contributed by atoms with E-state index in [9.17, 15) is 0 Å². The molecule has 0 radical (unpaired) electrons. The fourth-order valence-electron chi connectivity index (χ4n) is 1.99. The summed E-state index contributed by atoms with van der Waals surface area (Å²) >= 11 is 3.46. The highest BCUT2D eigenvalue weighted by molar-refractivity contribution is 9.10. The second-order valence-corrected chi connectivity index (χ2v) is 5.12. The Bertz CT molecular complexity index is 528. The van der Waals surface area contributed by atoms with E-state index in [1.165, 1.54) is 5.56 Å². The molecule has 100 valence electrons. The van der Waals surface area contributed by atoms with Gasteiger partial charge in [0.15, 0.2) is 0 Å². The highest BCUT2D eigenvalue weighted by atomic mass is 79.9. The Morgan fingerprint density at radius 3 is 2.58 bits per heavy atom. The molecule has 0 aliphatic rings. The first-order chi connectivity index (χ1) is 9.24. The number of rotatable bonds is 5. The Labute approximate surface area is 122 Å². The molecule has 1 unspecified atom stereocenters. The van der Waals surface area contributed by atoms with Crippen LogP contribution in [0, 0.1) is 0 Å². The number of nitrogens with one attached hydrogen (secondary N) is 1. The number of hydrogen-bond donors (Lipinski definition) is 1. The quantitative estimate of drug-likeness (QED) is 0.914. The zero-order valence-electron chi connectivity index (χ0n) is 11.1. The van der Waals surface area contributed by atoms with Crippen molar-refractivity contribution < 1.29 is 4.74 Å². The molecule has 4 heteroatoms. The number of pyridine rings is 1. The Kier molecular flexibility index (Phi) is 4.93. The SMILES string of the molecule is CCNC(c1ccc(Br)cc1)c1cncc(OC)c1. The summed E-state index contributed by atoms with van der Waals surface area (Å²) in [7, 11) is 1.66. The van der Waals surface area contributed by atoms with E-state index in [0.29, 0.717) is 0 Å². The summed E-state index contributed by atoms with van der Waals surface area (Å²) in [5, 5.41) is 3.48. The third-order valence-corrected chi connectivity index (χ3v) is 3.44. The van der Waals surface area contributed by atoms with Crippen LogP contribution in [0.1, 0.15) is 24.1 Å². The van der Waals surface area contributed by atoms with Crippen molar-refractivity contribution in [3.63, 3.8) is 0 Å². The molecule has 3 nitrogen and oxygen atoms in total. The lowest BCUT2D eigenvalue weighted by atomic mass is 10.00. The van der Waals surface area contributed by atoms with Crippen molar-refractivity contribution >= 4 is 15.9 Å². The summed E-state index contributed by atoms with van der Waals surface area (Å²) in [6.07, 6.45) is 3.59. The number of halogens is 1. The molecule has 19 heavy (non-hydrogen) atoms. The van der Waals surface area contributed by atoms with Crippen LogP contribution in [-0.2, 0) is 0 Å². The van der Waals surface area contributed by atoms with Crippen LogP contribution in [0.5, 0.6) is 5.75 Å². The number of ether oxygens (including phenoxy) is 1. The predicted molar refractivity (Wildman–Crippen MR) is 80.5 cm³/mol. The van der Waals surface area contributed by atoms with Gasteiger partial charge in [-0.15, -0.1) is 0 Å². The molecule has 0 bridgehead atoms. The summed E-state index contributed by atoms with van der Waals surface area (Å²) in [5.41, 5.74) is 2.31. The topological polar surface area (TPSA) is 34.2 Å². The predicted octanol–water partition coefficient (Wildman–Crippen LogP) is 3.55. The fourth-order valence-corrected chi connectivity index (χ4v) is 2.26. The van der Waals surface area contributed by atoms with E-state index < -0.39 is 0 Å². The number of benzene rings is 1. The van der Waals surface area contributed by atoms with E-state index in [1.54, 1.807) is 13.3 Å². The minimum atomic E-state index is 0.126. The maximum Gasteiger partial charge on any atom is 0.137 e. The maximum atomic E-state index is 5.24. The van der Waals surface area contributed by atoms with Crippen molar-refractivity contribution in [1.82, 2.24) is 10.3 Å². The lowest BCUT2D eigenvalue weighted by Crippen LogP contribution is -2.22. The molecule has 1 aromatic heterocycles. The van der Waals surface area contributed by atoms with Crippen molar-refractivity contribution in [3.05, 3.63) is 58.3 Å². The van der Waals surface area contributed by atoms with Gasteiger partial charge in [0.2, 0.25) is 0 Å². The second-order valence-electron chi connectivity index (χ2n) is 4.20. The molecule has 0 aliphatic heterocycles.